The van der Waals surface area contributed by atoms with Crippen molar-refractivity contribution in [1.29, 1.82) is 0 Å². The summed E-state index contributed by atoms with van der Waals surface area (Å²) in [6.45, 7) is 2.84. The third kappa shape index (κ3) is 4.25. The molecule has 0 bridgehead atoms. The molecule has 2 heterocycles. The van der Waals surface area contributed by atoms with Crippen molar-refractivity contribution in [2.45, 2.75) is 32.2 Å². The molecule has 5 heteroatoms. The van der Waals surface area contributed by atoms with E-state index in [1.54, 1.807) is 22.3 Å². The number of thiophene rings is 1. The van der Waals surface area contributed by atoms with E-state index in [1.807, 2.05) is 35.7 Å². The van der Waals surface area contributed by atoms with Crippen LogP contribution in [0.4, 0.5) is 5.69 Å². The summed E-state index contributed by atoms with van der Waals surface area (Å²) < 4.78 is 0. The van der Waals surface area contributed by atoms with Crippen LogP contribution in [-0.4, -0.2) is 18.4 Å². The fourth-order valence-corrected chi connectivity index (χ4v) is 4.47. The smallest absolute Gasteiger partial charge is 0.252 e. The monoisotopic (exact) mass is 404 g/mol. The largest absolute Gasteiger partial charge is 0.340 e. The molecular weight excluding hydrogens is 380 g/mol. The second-order valence-electron chi connectivity index (χ2n) is 7.22. The zero-order valence-electron chi connectivity index (χ0n) is 16.4. The first-order valence-electron chi connectivity index (χ1n) is 9.99. The second-order valence-corrected chi connectivity index (χ2v) is 8.20. The molecule has 1 N–H and O–H groups in total. The summed E-state index contributed by atoms with van der Waals surface area (Å²) in [6.07, 6.45) is 2.42. The molecule has 1 aromatic heterocycles. The Labute approximate surface area is 175 Å². The first-order valence-corrected chi connectivity index (χ1v) is 10.9. The van der Waals surface area contributed by atoms with Gasteiger partial charge in [0.2, 0.25) is 5.91 Å². The van der Waals surface area contributed by atoms with Crippen LogP contribution in [0.15, 0.2) is 66.0 Å². The predicted octanol–water partition coefficient (Wildman–Crippen LogP) is 4.96. The average molecular weight is 405 g/mol. The van der Waals surface area contributed by atoms with Crippen LogP contribution in [0.5, 0.6) is 0 Å². The second kappa shape index (κ2) is 8.62. The number of nitrogens with zero attached hydrogens (tertiary/aromatic N) is 1. The van der Waals surface area contributed by atoms with E-state index in [0.29, 0.717) is 18.5 Å². The van der Waals surface area contributed by atoms with Crippen molar-refractivity contribution >= 4 is 28.8 Å². The molecule has 0 aliphatic carbocycles. The Morgan fingerprint density at radius 3 is 2.62 bits per heavy atom. The standard InChI is InChI=1S/C24H24N2O2S/c1-2-17-10-12-18(13-11-17)23(21-8-5-15-29-21)25-24(28)19-6-3-7-20(16-19)26-14-4-9-22(26)27/h3,5-8,10-13,15-16,23H,2,4,9,14H2,1H3,(H,25,28). The van der Waals surface area contributed by atoms with Crippen molar-refractivity contribution in [2.24, 2.45) is 0 Å². The molecule has 1 aliphatic rings. The first-order chi connectivity index (χ1) is 14.2. The minimum absolute atomic E-state index is 0.120. The molecule has 1 unspecified atom stereocenters. The van der Waals surface area contributed by atoms with Crippen molar-refractivity contribution in [3.63, 3.8) is 0 Å². The Morgan fingerprint density at radius 1 is 1.14 bits per heavy atom. The molecule has 1 aliphatic heterocycles. The Bertz CT molecular complexity index is 996. The number of nitrogens with one attached hydrogen (secondary N) is 1. The van der Waals surface area contributed by atoms with Gasteiger partial charge < -0.3 is 10.2 Å². The quantitative estimate of drug-likeness (QED) is 0.631. The summed E-state index contributed by atoms with van der Waals surface area (Å²) >= 11 is 1.63. The number of benzene rings is 2. The van der Waals surface area contributed by atoms with Gasteiger partial charge in [-0.1, -0.05) is 43.3 Å². The first kappa shape index (κ1) is 19.4. The highest BCUT2D eigenvalue weighted by Crippen LogP contribution is 2.28. The van der Waals surface area contributed by atoms with E-state index in [-0.39, 0.29) is 17.9 Å². The molecule has 4 nitrogen and oxygen atoms in total. The van der Waals surface area contributed by atoms with E-state index in [2.05, 4.69) is 36.5 Å². The Kier molecular flexibility index (Phi) is 5.76. The zero-order valence-corrected chi connectivity index (χ0v) is 17.2. The van der Waals surface area contributed by atoms with Gasteiger partial charge in [0, 0.05) is 29.1 Å². The van der Waals surface area contributed by atoms with Gasteiger partial charge in [-0.25, -0.2) is 0 Å². The van der Waals surface area contributed by atoms with Crippen molar-refractivity contribution in [2.75, 3.05) is 11.4 Å². The highest BCUT2D eigenvalue weighted by molar-refractivity contribution is 7.10. The number of amides is 2. The topological polar surface area (TPSA) is 49.4 Å². The van der Waals surface area contributed by atoms with Crippen LogP contribution in [0, 0.1) is 0 Å². The lowest BCUT2D eigenvalue weighted by molar-refractivity contribution is -0.117. The van der Waals surface area contributed by atoms with Crippen LogP contribution in [0.1, 0.15) is 52.2 Å². The van der Waals surface area contributed by atoms with Gasteiger partial charge in [0.05, 0.1) is 6.04 Å². The van der Waals surface area contributed by atoms with E-state index >= 15 is 0 Å². The SMILES string of the molecule is CCc1ccc(C(NC(=O)c2cccc(N3CCCC3=O)c2)c2cccs2)cc1. The molecule has 4 rings (SSSR count). The number of hydrogen-bond donors (Lipinski definition) is 1. The number of hydrogen-bond acceptors (Lipinski definition) is 3. The van der Waals surface area contributed by atoms with E-state index in [9.17, 15) is 9.59 Å². The Morgan fingerprint density at radius 2 is 1.97 bits per heavy atom. The number of carbonyl (C=O) groups is 2. The summed E-state index contributed by atoms with van der Waals surface area (Å²) in [5.74, 6) is -0.0218. The summed E-state index contributed by atoms with van der Waals surface area (Å²) in [7, 11) is 0. The maximum absolute atomic E-state index is 13.1. The molecule has 2 amide bonds. The van der Waals surface area contributed by atoms with Gasteiger partial charge in [0.1, 0.15) is 0 Å². The molecule has 2 aromatic carbocycles. The van der Waals surface area contributed by atoms with Gasteiger partial charge in [-0.2, -0.15) is 0 Å². The number of aryl methyl sites for hydroxylation is 1. The summed E-state index contributed by atoms with van der Waals surface area (Å²) in [6, 6.07) is 19.6. The molecule has 148 valence electrons. The minimum Gasteiger partial charge on any atom is -0.340 e. The molecular formula is C24H24N2O2S. The van der Waals surface area contributed by atoms with Gasteiger partial charge in [-0.3, -0.25) is 9.59 Å². The van der Waals surface area contributed by atoms with Gasteiger partial charge in [-0.05, 0) is 53.6 Å². The van der Waals surface area contributed by atoms with E-state index in [1.165, 1.54) is 5.56 Å². The normalized spacial score (nSPS) is 14.8. The maximum Gasteiger partial charge on any atom is 0.252 e. The number of anilines is 1. The van der Waals surface area contributed by atoms with Gasteiger partial charge in [0.25, 0.3) is 5.91 Å². The molecule has 0 saturated carbocycles. The lowest BCUT2D eigenvalue weighted by atomic mass is 10.0. The molecule has 1 atom stereocenters. The van der Waals surface area contributed by atoms with E-state index in [4.69, 9.17) is 0 Å². The zero-order chi connectivity index (χ0) is 20.2. The van der Waals surface area contributed by atoms with Crippen LogP contribution in [0.2, 0.25) is 0 Å². The lowest BCUT2D eigenvalue weighted by Gasteiger charge is -2.20. The molecule has 3 aromatic rings. The molecule has 1 saturated heterocycles. The summed E-state index contributed by atoms with van der Waals surface area (Å²) in [4.78, 5) is 28.0. The van der Waals surface area contributed by atoms with Crippen LogP contribution >= 0.6 is 11.3 Å². The summed E-state index contributed by atoms with van der Waals surface area (Å²) in [5, 5.41) is 5.21. The number of carbonyl (C=O) groups excluding carboxylic acids is 2. The van der Waals surface area contributed by atoms with Crippen molar-refractivity contribution in [3.8, 4) is 0 Å². The van der Waals surface area contributed by atoms with E-state index in [0.717, 1.165) is 29.0 Å². The third-order valence-electron chi connectivity index (χ3n) is 5.32. The minimum atomic E-state index is -0.203. The predicted molar refractivity (Wildman–Crippen MR) is 117 cm³/mol. The fraction of sp³-hybridized carbons (Fsp3) is 0.250. The lowest BCUT2D eigenvalue weighted by Crippen LogP contribution is -2.29. The van der Waals surface area contributed by atoms with Crippen molar-refractivity contribution < 1.29 is 9.59 Å². The van der Waals surface area contributed by atoms with Crippen molar-refractivity contribution in [1.82, 2.24) is 5.32 Å². The van der Waals surface area contributed by atoms with Gasteiger partial charge in [0.15, 0.2) is 0 Å². The highest BCUT2D eigenvalue weighted by atomic mass is 32.1. The molecule has 0 spiro atoms. The van der Waals surface area contributed by atoms with Crippen LogP contribution < -0.4 is 10.2 Å². The maximum atomic E-state index is 13.1. The van der Waals surface area contributed by atoms with Crippen LogP contribution in [0.25, 0.3) is 0 Å². The van der Waals surface area contributed by atoms with Crippen LogP contribution in [-0.2, 0) is 11.2 Å². The third-order valence-corrected chi connectivity index (χ3v) is 6.26. The average Bonchev–Trinajstić information content (AvgIpc) is 3.44. The van der Waals surface area contributed by atoms with Gasteiger partial charge in [-0.15, -0.1) is 11.3 Å². The number of rotatable bonds is 6. The highest BCUT2D eigenvalue weighted by Gasteiger charge is 2.23. The van der Waals surface area contributed by atoms with Gasteiger partial charge >= 0.3 is 0 Å². The Balaban J connectivity index is 1.59. The molecule has 29 heavy (non-hydrogen) atoms. The fourth-order valence-electron chi connectivity index (χ4n) is 3.67. The Hall–Kier alpha value is -2.92. The van der Waals surface area contributed by atoms with Crippen molar-refractivity contribution in [3.05, 3.63) is 87.6 Å². The van der Waals surface area contributed by atoms with Crippen LogP contribution in [0.3, 0.4) is 0 Å². The molecule has 1 fully saturated rings. The molecule has 0 radical (unpaired) electrons. The van der Waals surface area contributed by atoms with E-state index < -0.39 is 0 Å². The summed E-state index contributed by atoms with van der Waals surface area (Å²) in [5.41, 5.74) is 3.69.